The first kappa shape index (κ1) is 69.7. The van der Waals surface area contributed by atoms with Crippen molar-refractivity contribution in [2.24, 2.45) is 46.2 Å². The molecule has 32 heteroatoms. The maximum atomic E-state index is 14.5. The molecule has 0 aromatic heterocycles. The van der Waals surface area contributed by atoms with E-state index in [1.165, 1.54) is 29.2 Å². The van der Waals surface area contributed by atoms with Gasteiger partial charge in [0.05, 0.1) is 19.0 Å². The Hall–Kier alpha value is -7.45. The van der Waals surface area contributed by atoms with E-state index in [-0.39, 0.29) is 54.9 Å². The van der Waals surface area contributed by atoms with Crippen LogP contribution in [0, 0.1) is 17.2 Å². The fraction of sp³-hybridized carbons (Fsp3) is 0.612. The molecule has 81 heavy (non-hydrogen) atoms. The number of aromatic hydroxyl groups is 1. The zero-order valence-corrected chi connectivity index (χ0v) is 47.4. The smallest absolute Gasteiger partial charge is 0.320 e. The number of likely N-dealkylation sites (tertiary alicyclic amines) is 1. The van der Waals surface area contributed by atoms with Gasteiger partial charge in [-0.1, -0.05) is 67.8 Å². The lowest BCUT2D eigenvalue weighted by molar-refractivity contribution is -0.142. The van der Waals surface area contributed by atoms with Crippen LogP contribution in [0.4, 0.5) is 0 Å². The molecule has 2 saturated heterocycles. The zero-order valence-electron chi connectivity index (χ0n) is 45.8. The predicted octanol–water partition coefficient (Wildman–Crippen LogP) is -4.95. The molecule has 2 heterocycles. The number of nitrogens with zero attached hydrogens (tertiary/aromatic N) is 1. The number of carboxylic acids is 1. The Bertz CT molecular complexity index is 2390. The maximum Gasteiger partial charge on any atom is 0.320 e. The number of carbonyl (C=O) groups excluding carboxylic acids is 11. The molecule has 30 nitrogen and oxygen atoms in total. The summed E-state index contributed by atoms with van der Waals surface area (Å²) in [7, 11) is 2.05. The van der Waals surface area contributed by atoms with Gasteiger partial charge in [-0.25, -0.2) is 0 Å². The van der Waals surface area contributed by atoms with Gasteiger partial charge in [-0.2, -0.15) is 0 Å². The highest BCUT2D eigenvalue weighted by Gasteiger charge is 2.41. The molecular formula is C49H80N16O14S2. The Morgan fingerprint density at radius 3 is 1.98 bits per heavy atom. The summed E-state index contributed by atoms with van der Waals surface area (Å²) in [6.07, 6.45) is 0.281. The fourth-order valence-corrected chi connectivity index (χ4v) is 10.3. The average Bonchev–Trinajstić information content (AvgIpc) is 3.90. The van der Waals surface area contributed by atoms with Gasteiger partial charge in [-0.3, -0.25) is 62.9 Å². The number of hydrogen-bond donors (Lipinski definition) is 17. The number of phenols is 1. The summed E-state index contributed by atoms with van der Waals surface area (Å²) in [5, 5.41) is 45.4. The van der Waals surface area contributed by atoms with Crippen molar-refractivity contribution in [3.05, 3.63) is 29.8 Å². The number of hydrogen-bond acceptors (Lipinski definition) is 18. The van der Waals surface area contributed by atoms with Crippen molar-refractivity contribution in [1.29, 1.82) is 5.41 Å². The second-order valence-corrected chi connectivity index (χ2v) is 22.4. The highest BCUT2D eigenvalue weighted by Crippen LogP contribution is 2.26. The van der Waals surface area contributed by atoms with Gasteiger partial charge in [0, 0.05) is 37.4 Å². The van der Waals surface area contributed by atoms with E-state index in [1.54, 1.807) is 13.8 Å². The lowest BCUT2D eigenvalue weighted by atomic mass is 9.96. The van der Waals surface area contributed by atoms with Gasteiger partial charge in [-0.05, 0) is 68.1 Å². The van der Waals surface area contributed by atoms with E-state index in [4.69, 9.17) is 44.9 Å². The summed E-state index contributed by atoms with van der Waals surface area (Å²) >= 11 is 0. The van der Waals surface area contributed by atoms with Crippen molar-refractivity contribution in [2.45, 2.75) is 146 Å². The van der Waals surface area contributed by atoms with Crippen LogP contribution in [-0.4, -0.2) is 178 Å². The summed E-state index contributed by atoms with van der Waals surface area (Å²) < 4.78 is 0. The van der Waals surface area contributed by atoms with E-state index < -0.39 is 157 Å². The molecule has 0 spiro atoms. The molecule has 0 bridgehead atoms. The first-order valence-corrected chi connectivity index (χ1v) is 28.6. The monoisotopic (exact) mass is 1180 g/mol. The molecule has 452 valence electrons. The number of aliphatic carboxylic acids is 1. The van der Waals surface area contributed by atoms with E-state index in [1.807, 2.05) is 13.8 Å². The Labute approximate surface area is 476 Å². The average molecular weight is 1180 g/mol. The molecule has 0 radical (unpaired) electrons. The van der Waals surface area contributed by atoms with Crippen LogP contribution in [0.15, 0.2) is 24.3 Å². The van der Waals surface area contributed by atoms with Gasteiger partial charge in [-0.15, -0.1) is 0 Å². The van der Waals surface area contributed by atoms with E-state index in [2.05, 4.69) is 42.5 Å². The maximum absolute atomic E-state index is 14.5. The molecule has 2 fully saturated rings. The number of benzene rings is 1. The van der Waals surface area contributed by atoms with E-state index in [9.17, 15) is 62.6 Å². The summed E-state index contributed by atoms with van der Waals surface area (Å²) in [5.74, 6) is -11.5. The van der Waals surface area contributed by atoms with Crippen LogP contribution < -0.4 is 76.9 Å². The van der Waals surface area contributed by atoms with E-state index >= 15 is 0 Å². The van der Waals surface area contributed by atoms with Crippen LogP contribution in [0.5, 0.6) is 5.75 Å². The topological polar surface area (TPSA) is 525 Å². The minimum Gasteiger partial charge on any atom is -0.508 e. The lowest BCUT2D eigenvalue weighted by Crippen LogP contribution is -2.61. The predicted molar refractivity (Wildman–Crippen MR) is 299 cm³/mol. The number of primary amides is 3. The molecule has 2 aliphatic rings. The van der Waals surface area contributed by atoms with Gasteiger partial charge in [0.25, 0.3) is 0 Å². The summed E-state index contributed by atoms with van der Waals surface area (Å²) in [6, 6.07) is -5.87. The largest absolute Gasteiger partial charge is 0.508 e. The molecule has 23 N–H and O–H groups in total. The third-order valence-electron chi connectivity index (χ3n) is 12.6. The number of amides is 11. The van der Waals surface area contributed by atoms with Gasteiger partial charge in [0.15, 0.2) is 5.96 Å². The highest BCUT2D eigenvalue weighted by atomic mass is 33.1. The fourth-order valence-electron chi connectivity index (χ4n) is 8.01. The van der Waals surface area contributed by atoms with Crippen LogP contribution in [0.1, 0.15) is 91.0 Å². The van der Waals surface area contributed by atoms with Gasteiger partial charge in [0.2, 0.25) is 65.0 Å². The first-order valence-electron chi connectivity index (χ1n) is 26.1. The number of guanidine groups is 1. The van der Waals surface area contributed by atoms with E-state index in [0.717, 1.165) is 21.6 Å². The Balaban J connectivity index is 0.00000166. The van der Waals surface area contributed by atoms with Gasteiger partial charge in [0.1, 0.15) is 54.1 Å². The van der Waals surface area contributed by atoms with Crippen molar-refractivity contribution >= 4 is 98.5 Å². The Morgan fingerprint density at radius 2 is 1.40 bits per heavy atom. The summed E-state index contributed by atoms with van der Waals surface area (Å²) in [5.41, 5.74) is 33.1. The molecule has 0 aliphatic carbocycles. The molecule has 0 saturated carbocycles. The van der Waals surface area contributed by atoms with Crippen LogP contribution >= 0.6 is 21.6 Å². The molecule has 2 aliphatic heterocycles. The number of phenolic OH excluding ortho intramolecular Hbond substituents is 1. The van der Waals surface area contributed by atoms with Crippen molar-refractivity contribution in [3.63, 3.8) is 0 Å². The van der Waals surface area contributed by atoms with Crippen molar-refractivity contribution in [1.82, 2.24) is 47.4 Å². The second kappa shape index (κ2) is 35.3. The van der Waals surface area contributed by atoms with Crippen molar-refractivity contribution in [3.8, 4) is 5.75 Å². The summed E-state index contributed by atoms with van der Waals surface area (Å²) in [4.78, 5) is 158. The molecule has 3 rings (SSSR count). The van der Waals surface area contributed by atoms with Gasteiger partial charge >= 0.3 is 5.97 Å². The van der Waals surface area contributed by atoms with Gasteiger partial charge < -0.3 is 92.0 Å². The van der Waals surface area contributed by atoms with E-state index in [0.29, 0.717) is 37.8 Å². The molecule has 1 aromatic rings. The zero-order chi connectivity index (χ0) is 61.1. The minimum absolute atomic E-state index is 0.0468. The second-order valence-electron chi connectivity index (χ2n) is 19.8. The number of nitrogens with two attached hydrogens (primary N) is 6. The quantitative estimate of drug-likeness (QED) is 0.0224. The van der Waals surface area contributed by atoms with Crippen molar-refractivity contribution < 1.29 is 67.7 Å². The van der Waals surface area contributed by atoms with Crippen LogP contribution in [0.2, 0.25) is 0 Å². The number of rotatable bonds is 22. The molecule has 1 aromatic carbocycles. The SMILES string of the molecule is CC[C@H](C)[C@@H]1NC(=O)[C@H](Cc2ccc(O)cc2)NC(=O)[C@@H](N)CSSC[C@@H](C(=O)N2CCC[C@H]2C(=O)N[C@@H](CC(C)C)C(=O)NCC(N)=O)NC(=O)[C@H](CC(N)=O)NC(=O)[C@H](CCC(N)=O)NC1=O.N=C(N)NCCCC(N)C(=O)O. The molecular weight excluding hydrogens is 1100 g/mol. The molecule has 11 amide bonds. The first-order chi connectivity index (χ1) is 38.0. The standard InChI is InChI=1S/C43H66N12O12S2.C6H14N4O2/c1-5-22(4)35-42(66)49-26(12-13-32(45)57)38(62)51-29(17-33(46)58)39(63)53-30(20-69-68-19-25(44)36(60)50-28(40(64)54-35)16-23-8-10-24(56)11-9-23)43(67)55-14-6-7-31(55)41(65)52-27(15-21(2)3)37(61)48-18-34(47)59;7-4(5(11)12)2-1-3-10-6(8)9/h8-11,21-22,25-31,35,56H,5-7,12-20,44H2,1-4H3,(H2,45,57)(H2,46,58)(H2,47,59)(H,48,61)(H,49,66)(H,50,60)(H,51,62)(H,52,65)(H,53,63)(H,54,64);4H,1-3,7H2,(H,11,12)(H4,8,9,10)/t22-,25-,26-,27-,28-,29-,30-,31-,35-;/m0./s1. The Morgan fingerprint density at radius 1 is 0.790 bits per heavy atom. The normalized spacial score (nSPS) is 22.5. The number of carbonyl (C=O) groups is 12. The summed E-state index contributed by atoms with van der Waals surface area (Å²) in [6.45, 7) is 7.08. The van der Waals surface area contributed by atoms with Crippen LogP contribution in [-0.2, 0) is 64.0 Å². The molecule has 10 atom stereocenters. The van der Waals surface area contributed by atoms with Crippen LogP contribution in [0.25, 0.3) is 0 Å². The highest BCUT2D eigenvalue weighted by molar-refractivity contribution is 8.76. The number of nitrogens with one attached hydrogen (secondary N) is 9. The number of carboxylic acid groups (broad SMARTS) is 1. The van der Waals surface area contributed by atoms with Crippen molar-refractivity contribution in [2.75, 3.05) is 31.1 Å². The third-order valence-corrected chi connectivity index (χ3v) is 15.1. The molecule has 1 unspecified atom stereocenters. The Kier molecular flexibility index (Phi) is 30.4. The minimum atomic E-state index is -1.75. The third kappa shape index (κ3) is 25.7. The van der Waals surface area contributed by atoms with Crippen LogP contribution in [0.3, 0.4) is 0 Å². The lowest BCUT2D eigenvalue weighted by Gasteiger charge is -2.31.